The monoisotopic (exact) mass is 442 g/mol. The lowest BCUT2D eigenvalue weighted by Crippen LogP contribution is -2.26. The predicted octanol–water partition coefficient (Wildman–Crippen LogP) is 4.73. The fourth-order valence-electron chi connectivity index (χ4n) is 2.99. The first-order chi connectivity index (χ1) is 14.4. The Balaban J connectivity index is 1.59. The molecule has 0 spiro atoms. The highest BCUT2D eigenvalue weighted by Gasteiger charge is 2.20. The predicted molar refractivity (Wildman–Crippen MR) is 120 cm³/mol. The largest absolute Gasteiger partial charge is 0.326 e. The minimum Gasteiger partial charge on any atom is -0.326 e. The molecule has 1 N–H and O–H groups in total. The molecule has 3 aromatic rings. The van der Waals surface area contributed by atoms with Crippen molar-refractivity contribution in [3.05, 3.63) is 95.0 Å². The van der Waals surface area contributed by atoms with Gasteiger partial charge in [-0.25, -0.2) is 8.42 Å². The lowest BCUT2D eigenvalue weighted by molar-refractivity contribution is -0.116. The van der Waals surface area contributed by atoms with Crippen LogP contribution in [-0.2, 0) is 27.8 Å². The molecule has 0 heterocycles. The van der Waals surface area contributed by atoms with Gasteiger partial charge in [-0.1, -0.05) is 60.1 Å². The molecule has 0 aromatic heterocycles. The number of amides is 1. The van der Waals surface area contributed by atoms with Gasteiger partial charge in [0, 0.05) is 30.7 Å². The molecule has 0 saturated carbocycles. The molecule has 0 saturated heterocycles. The van der Waals surface area contributed by atoms with Crippen LogP contribution in [0.25, 0.3) is 0 Å². The zero-order valence-corrected chi connectivity index (χ0v) is 18.2. The molecule has 5 nitrogen and oxygen atoms in total. The van der Waals surface area contributed by atoms with Crippen molar-refractivity contribution in [2.75, 3.05) is 12.4 Å². The van der Waals surface area contributed by atoms with Crippen molar-refractivity contribution in [3.8, 4) is 0 Å². The Morgan fingerprint density at radius 2 is 1.57 bits per heavy atom. The van der Waals surface area contributed by atoms with Gasteiger partial charge in [0.05, 0.1) is 4.90 Å². The van der Waals surface area contributed by atoms with E-state index in [1.807, 2.05) is 48.5 Å². The van der Waals surface area contributed by atoms with Crippen LogP contribution in [0.15, 0.2) is 83.8 Å². The molecular weight excluding hydrogens is 420 g/mol. The van der Waals surface area contributed by atoms with E-state index in [9.17, 15) is 13.2 Å². The number of carbonyl (C=O) groups is 1. The first kappa shape index (κ1) is 22.0. The van der Waals surface area contributed by atoms with Crippen LogP contribution in [0.2, 0.25) is 5.02 Å². The van der Waals surface area contributed by atoms with Gasteiger partial charge >= 0.3 is 0 Å². The van der Waals surface area contributed by atoms with Crippen molar-refractivity contribution in [1.29, 1.82) is 0 Å². The summed E-state index contributed by atoms with van der Waals surface area (Å²) in [5, 5.41) is 3.43. The molecule has 1 amide bonds. The van der Waals surface area contributed by atoms with E-state index in [1.165, 1.54) is 16.4 Å². The highest BCUT2D eigenvalue weighted by molar-refractivity contribution is 7.89. The summed E-state index contributed by atoms with van der Waals surface area (Å²) < 4.78 is 26.9. The normalized spacial score (nSPS) is 11.4. The van der Waals surface area contributed by atoms with Crippen LogP contribution in [0.5, 0.6) is 0 Å². The van der Waals surface area contributed by atoms with Crippen LogP contribution in [0.1, 0.15) is 17.5 Å². The quantitative estimate of drug-likeness (QED) is 0.548. The van der Waals surface area contributed by atoms with E-state index >= 15 is 0 Å². The van der Waals surface area contributed by atoms with Gasteiger partial charge in [-0.05, 0) is 47.9 Å². The SMILES string of the molecule is CN(Cc1ccccc1)S(=O)(=O)c1ccc(NC(=O)CCc2ccccc2Cl)cc1. The molecule has 30 heavy (non-hydrogen) atoms. The minimum absolute atomic E-state index is 0.160. The van der Waals surface area contributed by atoms with Gasteiger partial charge < -0.3 is 5.32 Å². The summed E-state index contributed by atoms with van der Waals surface area (Å²) in [6, 6.07) is 23.0. The van der Waals surface area contributed by atoms with Crippen molar-refractivity contribution in [2.24, 2.45) is 0 Å². The average molecular weight is 443 g/mol. The second-order valence-electron chi connectivity index (χ2n) is 6.91. The number of hydrogen-bond acceptors (Lipinski definition) is 3. The molecular formula is C23H23ClN2O3S. The molecule has 156 valence electrons. The summed E-state index contributed by atoms with van der Waals surface area (Å²) >= 11 is 6.11. The summed E-state index contributed by atoms with van der Waals surface area (Å²) in [6.45, 7) is 0.281. The number of sulfonamides is 1. The number of carbonyl (C=O) groups excluding carboxylic acids is 1. The minimum atomic E-state index is -3.63. The third-order valence-corrected chi connectivity index (χ3v) is 6.86. The number of nitrogens with one attached hydrogen (secondary N) is 1. The van der Waals surface area contributed by atoms with E-state index in [4.69, 9.17) is 11.6 Å². The van der Waals surface area contributed by atoms with Gasteiger partial charge in [0.25, 0.3) is 0 Å². The maximum Gasteiger partial charge on any atom is 0.243 e. The Bertz CT molecular complexity index is 1100. The van der Waals surface area contributed by atoms with Crippen molar-refractivity contribution in [1.82, 2.24) is 4.31 Å². The van der Waals surface area contributed by atoms with Gasteiger partial charge in [0.1, 0.15) is 0 Å². The van der Waals surface area contributed by atoms with E-state index in [0.717, 1.165) is 11.1 Å². The number of hydrogen-bond donors (Lipinski definition) is 1. The van der Waals surface area contributed by atoms with Crippen molar-refractivity contribution in [3.63, 3.8) is 0 Å². The second-order valence-corrected chi connectivity index (χ2v) is 9.36. The zero-order valence-electron chi connectivity index (χ0n) is 16.6. The fourth-order valence-corrected chi connectivity index (χ4v) is 4.38. The summed E-state index contributed by atoms with van der Waals surface area (Å²) in [6.07, 6.45) is 0.811. The molecule has 7 heteroatoms. The molecule has 0 aliphatic rings. The van der Waals surface area contributed by atoms with Crippen LogP contribution in [0.3, 0.4) is 0 Å². The average Bonchev–Trinajstić information content (AvgIpc) is 2.74. The Hall–Kier alpha value is -2.67. The topological polar surface area (TPSA) is 66.5 Å². The molecule has 0 aliphatic carbocycles. The smallest absolute Gasteiger partial charge is 0.243 e. The van der Waals surface area contributed by atoms with Crippen molar-refractivity contribution in [2.45, 2.75) is 24.3 Å². The fraction of sp³-hybridized carbons (Fsp3) is 0.174. The number of halogens is 1. The number of benzene rings is 3. The maximum absolute atomic E-state index is 12.8. The Kier molecular flexibility index (Phi) is 7.26. The van der Waals surface area contributed by atoms with E-state index in [0.29, 0.717) is 17.1 Å². The lowest BCUT2D eigenvalue weighted by Gasteiger charge is -2.17. The molecule has 0 atom stereocenters. The highest BCUT2D eigenvalue weighted by atomic mass is 35.5. The maximum atomic E-state index is 12.8. The standard InChI is InChI=1S/C23H23ClN2O3S/c1-26(17-18-7-3-2-4-8-18)30(28,29)21-14-12-20(13-15-21)25-23(27)16-11-19-9-5-6-10-22(19)24/h2-10,12-15H,11,16-17H2,1H3,(H,25,27). The van der Waals surface area contributed by atoms with Gasteiger partial charge in [-0.15, -0.1) is 0 Å². The summed E-state index contributed by atoms with van der Waals surface area (Å²) in [5.74, 6) is -0.160. The Morgan fingerprint density at radius 1 is 0.933 bits per heavy atom. The van der Waals surface area contributed by atoms with Crippen LogP contribution in [0.4, 0.5) is 5.69 Å². The van der Waals surface area contributed by atoms with Gasteiger partial charge in [0.15, 0.2) is 0 Å². The second kappa shape index (κ2) is 9.89. The molecule has 0 unspecified atom stereocenters. The van der Waals surface area contributed by atoms with E-state index in [2.05, 4.69) is 5.32 Å². The number of anilines is 1. The van der Waals surface area contributed by atoms with Crippen LogP contribution >= 0.6 is 11.6 Å². The summed E-state index contributed by atoms with van der Waals surface area (Å²) in [4.78, 5) is 12.4. The molecule has 3 rings (SSSR count). The van der Waals surface area contributed by atoms with Crippen LogP contribution in [0, 0.1) is 0 Å². The first-order valence-electron chi connectivity index (χ1n) is 9.50. The Morgan fingerprint density at radius 3 is 2.23 bits per heavy atom. The number of nitrogens with zero attached hydrogens (tertiary/aromatic N) is 1. The third kappa shape index (κ3) is 5.69. The van der Waals surface area contributed by atoms with Crippen LogP contribution < -0.4 is 5.32 Å². The first-order valence-corrected chi connectivity index (χ1v) is 11.3. The lowest BCUT2D eigenvalue weighted by atomic mass is 10.1. The van der Waals surface area contributed by atoms with Gasteiger partial charge in [0.2, 0.25) is 15.9 Å². The summed E-state index contributed by atoms with van der Waals surface area (Å²) in [5.41, 5.74) is 2.37. The molecule has 0 aliphatic heterocycles. The Labute approximate surface area is 182 Å². The van der Waals surface area contributed by atoms with Gasteiger partial charge in [-0.2, -0.15) is 4.31 Å². The van der Waals surface area contributed by atoms with Gasteiger partial charge in [-0.3, -0.25) is 4.79 Å². The zero-order chi connectivity index (χ0) is 21.6. The van der Waals surface area contributed by atoms with E-state index in [1.54, 1.807) is 25.2 Å². The molecule has 3 aromatic carbocycles. The van der Waals surface area contributed by atoms with E-state index in [-0.39, 0.29) is 23.8 Å². The third-order valence-electron chi connectivity index (χ3n) is 4.67. The molecule has 0 radical (unpaired) electrons. The summed E-state index contributed by atoms with van der Waals surface area (Å²) in [7, 11) is -2.08. The molecule has 0 fully saturated rings. The van der Waals surface area contributed by atoms with Crippen molar-refractivity contribution < 1.29 is 13.2 Å². The molecule has 0 bridgehead atoms. The number of aryl methyl sites for hydroxylation is 1. The van der Waals surface area contributed by atoms with Crippen molar-refractivity contribution >= 4 is 33.2 Å². The van der Waals surface area contributed by atoms with Crippen LogP contribution in [-0.4, -0.2) is 25.7 Å². The highest BCUT2D eigenvalue weighted by Crippen LogP contribution is 2.20. The number of rotatable bonds is 8. The van der Waals surface area contributed by atoms with E-state index < -0.39 is 10.0 Å².